The molecule has 6 rings (SSSR count). The minimum atomic E-state index is 0. The molecule has 0 saturated carbocycles. The van der Waals surface area contributed by atoms with E-state index in [9.17, 15) is 0 Å². The number of pyridine rings is 1. The first kappa shape index (κ1) is 28.3. The Labute approximate surface area is 235 Å². The Kier molecular flexibility index (Phi) is 10.3. The van der Waals surface area contributed by atoms with E-state index >= 15 is 0 Å². The van der Waals surface area contributed by atoms with Crippen LogP contribution in [0.3, 0.4) is 0 Å². The quantitative estimate of drug-likeness (QED) is 0.212. The summed E-state index contributed by atoms with van der Waals surface area (Å²) >= 11 is 0. The molecular formula is C28H26IrN9-3. The zero-order valence-electron chi connectivity index (χ0n) is 21.4. The summed E-state index contributed by atoms with van der Waals surface area (Å²) in [5.74, 6) is 0.464. The van der Waals surface area contributed by atoms with Crippen LogP contribution in [0.15, 0.2) is 85.6 Å². The van der Waals surface area contributed by atoms with Gasteiger partial charge in [-0.3, -0.25) is 15.3 Å². The van der Waals surface area contributed by atoms with Gasteiger partial charge in [0, 0.05) is 51.1 Å². The van der Waals surface area contributed by atoms with Gasteiger partial charge in [-0.2, -0.15) is 64.9 Å². The van der Waals surface area contributed by atoms with Gasteiger partial charge >= 0.3 is 0 Å². The summed E-state index contributed by atoms with van der Waals surface area (Å²) in [6.45, 7) is 4.14. The van der Waals surface area contributed by atoms with Crippen LogP contribution in [-0.4, -0.2) is 29.6 Å². The monoisotopic (exact) mass is 681 g/mol. The number of benzene rings is 2. The fraction of sp³-hybridized carbons (Fsp3) is 0.143. The van der Waals surface area contributed by atoms with Crippen molar-refractivity contribution in [1.82, 2.24) is 34.7 Å². The van der Waals surface area contributed by atoms with Crippen LogP contribution in [0.4, 0.5) is 0 Å². The van der Waals surface area contributed by atoms with E-state index < -0.39 is 0 Å². The van der Waals surface area contributed by atoms with Gasteiger partial charge in [-0.1, -0.05) is 31.3 Å². The minimum absolute atomic E-state index is 0. The summed E-state index contributed by atoms with van der Waals surface area (Å²) in [5, 5.41) is 14.0. The van der Waals surface area contributed by atoms with Crippen LogP contribution in [-0.2, 0) is 34.2 Å². The van der Waals surface area contributed by atoms with E-state index in [0.717, 1.165) is 11.4 Å². The molecule has 0 saturated heterocycles. The Morgan fingerprint density at radius 3 is 1.79 bits per heavy atom. The molecule has 6 aromatic rings. The molecule has 0 aliphatic carbocycles. The van der Waals surface area contributed by atoms with Crippen molar-refractivity contribution in [2.24, 2.45) is 14.1 Å². The van der Waals surface area contributed by atoms with Gasteiger partial charge in [0.25, 0.3) is 0 Å². The number of aromatic nitrogens is 9. The standard InChI is InChI=1S/2C11H11N2.C6H4N5.Ir/c2*1-10-4-3-5-11(8-10)13-7-6-12(2)9-13;1-2-4-7-5(3-1)6-8-10-11-9-6;/h2*3-4,6-8H,1-2H3;1-4H;/q3*-1;. The molecule has 4 aromatic heterocycles. The zero-order valence-corrected chi connectivity index (χ0v) is 23.8. The average Bonchev–Trinajstić information content (AvgIpc) is 3.68. The van der Waals surface area contributed by atoms with Gasteiger partial charge in [0.15, 0.2) is 0 Å². The third-order valence-corrected chi connectivity index (χ3v) is 5.03. The Morgan fingerprint density at radius 2 is 1.39 bits per heavy atom. The maximum absolute atomic E-state index is 4.02. The van der Waals surface area contributed by atoms with Crippen molar-refractivity contribution in [2.45, 2.75) is 13.8 Å². The summed E-state index contributed by atoms with van der Waals surface area (Å²) in [4.78, 5) is 4.02. The second-order valence-electron chi connectivity index (χ2n) is 8.18. The number of hydrogen-bond acceptors (Lipinski definition) is 4. The van der Waals surface area contributed by atoms with Crippen LogP contribution in [0.5, 0.6) is 0 Å². The fourth-order valence-electron chi connectivity index (χ4n) is 3.22. The largest absolute Gasteiger partial charge is 0.348 e. The van der Waals surface area contributed by atoms with Gasteiger partial charge in [-0.05, 0) is 12.1 Å². The molecule has 0 fully saturated rings. The van der Waals surface area contributed by atoms with Gasteiger partial charge in [0.2, 0.25) is 12.7 Å². The molecule has 0 N–H and O–H groups in total. The maximum Gasteiger partial charge on any atom is 0.241 e. The molecule has 4 heterocycles. The number of aryl methyl sites for hydroxylation is 4. The van der Waals surface area contributed by atoms with Crippen LogP contribution in [0.25, 0.3) is 22.9 Å². The topological polar surface area (TPSA) is 83.3 Å². The third kappa shape index (κ3) is 8.12. The van der Waals surface area contributed by atoms with Crippen molar-refractivity contribution in [1.29, 1.82) is 0 Å². The first-order valence-electron chi connectivity index (χ1n) is 11.5. The van der Waals surface area contributed by atoms with E-state index in [-0.39, 0.29) is 20.1 Å². The van der Waals surface area contributed by atoms with Gasteiger partial charge in [0.1, 0.15) is 0 Å². The van der Waals surface area contributed by atoms with Crippen LogP contribution >= 0.6 is 0 Å². The van der Waals surface area contributed by atoms with Crippen molar-refractivity contribution in [3.05, 3.63) is 121 Å². The van der Waals surface area contributed by atoms with Gasteiger partial charge in [0.05, 0.1) is 25.6 Å². The summed E-state index contributed by atoms with van der Waals surface area (Å²) in [5.41, 5.74) is 5.22. The molecule has 0 atom stereocenters. The molecule has 9 nitrogen and oxygen atoms in total. The van der Waals surface area contributed by atoms with Crippen molar-refractivity contribution < 1.29 is 29.2 Å². The SMILES string of the molecule is Cc1cc[c-]c(-n2[c-][n+](C)cc2)c1.Cc1cc[c-]c(-n2[c-][n+](C)cc2)c1.[Ir].c1ccc(-c2nnn[n-]2)nc1. The molecule has 38 heavy (non-hydrogen) atoms. The number of imidazole rings is 2. The van der Waals surface area contributed by atoms with Crippen molar-refractivity contribution >= 4 is 0 Å². The molecule has 0 bridgehead atoms. The number of tetrazole rings is 1. The Bertz CT molecular complexity index is 1440. The van der Waals surface area contributed by atoms with E-state index in [1.165, 1.54) is 11.1 Å². The molecule has 0 amide bonds. The van der Waals surface area contributed by atoms with Crippen molar-refractivity contribution in [3.63, 3.8) is 0 Å². The minimum Gasteiger partial charge on any atom is -0.348 e. The number of rotatable bonds is 3. The summed E-state index contributed by atoms with van der Waals surface area (Å²) < 4.78 is 7.62. The van der Waals surface area contributed by atoms with Gasteiger partial charge in [-0.25, -0.2) is 0 Å². The van der Waals surface area contributed by atoms with Crippen LogP contribution < -0.4 is 14.2 Å². The van der Waals surface area contributed by atoms with Gasteiger partial charge in [-0.15, -0.1) is 0 Å². The average molecular weight is 681 g/mol. The normalized spacial score (nSPS) is 9.89. The molecule has 0 aliphatic heterocycles. The zero-order chi connectivity index (χ0) is 26.0. The second-order valence-corrected chi connectivity index (χ2v) is 8.18. The molecule has 195 valence electrons. The third-order valence-electron chi connectivity index (χ3n) is 5.03. The van der Waals surface area contributed by atoms with Crippen LogP contribution in [0.1, 0.15) is 11.1 Å². The molecule has 0 spiro atoms. The predicted octanol–water partition coefficient (Wildman–Crippen LogP) is 2.31. The van der Waals surface area contributed by atoms with E-state index in [1.807, 2.05) is 93.5 Å². The maximum atomic E-state index is 4.02. The van der Waals surface area contributed by atoms with E-state index in [4.69, 9.17) is 0 Å². The molecule has 1 radical (unpaired) electrons. The van der Waals surface area contributed by atoms with Crippen molar-refractivity contribution in [3.8, 4) is 22.9 Å². The summed E-state index contributed by atoms with van der Waals surface area (Å²) in [7, 11) is 3.90. The number of hydrogen-bond donors (Lipinski definition) is 0. The predicted molar refractivity (Wildman–Crippen MR) is 135 cm³/mol. The van der Waals surface area contributed by atoms with Crippen molar-refractivity contribution in [2.75, 3.05) is 0 Å². The first-order chi connectivity index (χ1) is 18.0. The Hall–Kier alpha value is -4.27. The first-order valence-corrected chi connectivity index (χ1v) is 11.5. The summed E-state index contributed by atoms with van der Waals surface area (Å²) in [6, 6.07) is 23.9. The fourth-order valence-corrected chi connectivity index (χ4v) is 3.22. The summed E-state index contributed by atoms with van der Waals surface area (Å²) in [6.07, 6.45) is 15.8. The Morgan fingerprint density at radius 1 is 0.816 bits per heavy atom. The van der Waals surface area contributed by atoms with Crippen LogP contribution in [0, 0.1) is 38.6 Å². The molecule has 10 heteroatoms. The van der Waals surface area contributed by atoms with E-state index in [1.54, 1.807) is 12.3 Å². The molecular weight excluding hydrogens is 655 g/mol. The van der Waals surface area contributed by atoms with Crippen LogP contribution in [0.2, 0.25) is 0 Å². The molecule has 2 aromatic carbocycles. The number of nitrogens with zero attached hydrogens (tertiary/aromatic N) is 9. The second kappa shape index (κ2) is 13.9. The van der Waals surface area contributed by atoms with E-state index in [0.29, 0.717) is 11.5 Å². The Balaban J connectivity index is 0.000000156. The molecule has 0 unspecified atom stereocenters. The van der Waals surface area contributed by atoms with E-state index in [2.05, 4.69) is 76.4 Å². The molecule has 0 aliphatic rings. The van der Waals surface area contributed by atoms with Gasteiger partial charge < -0.3 is 23.4 Å². The smallest absolute Gasteiger partial charge is 0.241 e.